The second-order valence-electron chi connectivity index (χ2n) is 6.72. The monoisotopic (exact) mass is 379 g/mol. The van der Waals surface area contributed by atoms with Crippen molar-refractivity contribution in [3.05, 3.63) is 53.9 Å². The number of benzene rings is 2. The quantitative estimate of drug-likeness (QED) is 0.674. The molecule has 0 radical (unpaired) electrons. The van der Waals surface area contributed by atoms with E-state index in [0.29, 0.717) is 41.9 Å². The van der Waals surface area contributed by atoms with Crippen molar-refractivity contribution in [3.63, 3.8) is 0 Å². The standard InChI is InChI=1S/C21H21N3O4/c1-13-6-4-5-7-16(13)21-22-20(23-28-21)14-10-19(25)24(12-14)17-9-8-15(26-2)11-18(17)27-3/h4-9,11,14H,10,12H2,1-3H3. The van der Waals surface area contributed by atoms with Crippen molar-refractivity contribution in [2.45, 2.75) is 19.3 Å². The fraction of sp³-hybridized carbons (Fsp3) is 0.286. The Hall–Kier alpha value is -3.35. The summed E-state index contributed by atoms with van der Waals surface area (Å²) < 4.78 is 16.1. The molecule has 1 aromatic heterocycles. The minimum absolute atomic E-state index is 0.00397. The first-order chi connectivity index (χ1) is 13.6. The maximum absolute atomic E-state index is 12.7. The number of carbonyl (C=O) groups is 1. The number of hydrogen-bond donors (Lipinski definition) is 0. The summed E-state index contributed by atoms with van der Waals surface area (Å²) in [5.41, 5.74) is 2.67. The van der Waals surface area contributed by atoms with Crippen molar-refractivity contribution < 1.29 is 18.8 Å². The fourth-order valence-electron chi connectivity index (χ4n) is 3.44. The topological polar surface area (TPSA) is 77.7 Å². The molecule has 0 saturated carbocycles. The number of methoxy groups -OCH3 is 2. The molecule has 1 aliphatic rings. The van der Waals surface area contributed by atoms with Crippen LogP contribution in [0.5, 0.6) is 11.5 Å². The van der Waals surface area contributed by atoms with E-state index in [-0.39, 0.29) is 11.8 Å². The molecule has 144 valence electrons. The molecule has 7 nitrogen and oxygen atoms in total. The van der Waals surface area contributed by atoms with Gasteiger partial charge in [0, 0.05) is 30.5 Å². The number of ether oxygens (including phenoxy) is 2. The van der Waals surface area contributed by atoms with Gasteiger partial charge in [-0.1, -0.05) is 23.4 Å². The molecule has 0 bridgehead atoms. The van der Waals surface area contributed by atoms with Gasteiger partial charge in [-0.15, -0.1) is 0 Å². The Balaban J connectivity index is 1.59. The smallest absolute Gasteiger partial charge is 0.258 e. The van der Waals surface area contributed by atoms with E-state index in [0.717, 1.165) is 11.1 Å². The maximum atomic E-state index is 12.7. The second-order valence-corrected chi connectivity index (χ2v) is 6.72. The minimum atomic E-state index is -0.138. The zero-order chi connectivity index (χ0) is 19.7. The number of hydrogen-bond acceptors (Lipinski definition) is 6. The van der Waals surface area contributed by atoms with E-state index in [4.69, 9.17) is 14.0 Å². The molecule has 1 atom stereocenters. The third-order valence-electron chi connectivity index (χ3n) is 4.99. The first kappa shape index (κ1) is 18.0. The van der Waals surface area contributed by atoms with Crippen LogP contribution in [0.4, 0.5) is 5.69 Å². The molecule has 28 heavy (non-hydrogen) atoms. The Labute approximate surface area is 162 Å². The lowest BCUT2D eigenvalue weighted by Crippen LogP contribution is -2.24. The Morgan fingerprint density at radius 2 is 1.96 bits per heavy atom. The number of amides is 1. The number of aromatic nitrogens is 2. The van der Waals surface area contributed by atoms with E-state index in [1.54, 1.807) is 25.2 Å². The Bertz CT molecular complexity index is 1010. The second kappa shape index (κ2) is 7.34. The molecule has 1 amide bonds. The van der Waals surface area contributed by atoms with Gasteiger partial charge in [-0.25, -0.2) is 0 Å². The third kappa shape index (κ3) is 3.19. The van der Waals surface area contributed by atoms with E-state index in [2.05, 4.69) is 10.1 Å². The predicted octanol–water partition coefficient (Wildman–Crippen LogP) is 3.58. The van der Waals surface area contributed by atoms with Gasteiger partial charge in [0.25, 0.3) is 5.89 Å². The number of nitrogens with zero attached hydrogens (tertiary/aromatic N) is 3. The van der Waals surface area contributed by atoms with Gasteiger partial charge in [-0.3, -0.25) is 4.79 Å². The molecule has 1 aliphatic heterocycles. The lowest BCUT2D eigenvalue weighted by atomic mass is 10.1. The predicted molar refractivity (Wildman–Crippen MR) is 104 cm³/mol. The zero-order valence-electron chi connectivity index (χ0n) is 16.0. The van der Waals surface area contributed by atoms with Crippen molar-refractivity contribution in [1.82, 2.24) is 10.1 Å². The van der Waals surface area contributed by atoms with Crippen molar-refractivity contribution in [2.24, 2.45) is 0 Å². The van der Waals surface area contributed by atoms with Gasteiger partial charge < -0.3 is 18.9 Å². The molecule has 1 saturated heterocycles. The van der Waals surface area contributed by atoms with E-state index in [9.17, 15) is 4.79 Å². The van der Waals surface area contributed by atoms with E-state index in [1.165, 1.54) is 0 Å². The molecule has 1 unspecified atom stereocenters. The summed E-state index contributed by atoms with van der Waals surface area (Å²) in [6, 6.07) is 13.2. The summed E-state index contributed by atoms with van der Waals surface area (Å²) in [6.45, 7) is 2.46. The molecule has 7 heteroatoms. The molecule has 1 fully saturated rings. The van der Waals surface area contributed by atoms with E-state index >= 15 is 0 Å². The Morgan fingerprint density at radius 1 is 1.14 bits per heavy atom. The van der Waals surface area contributed by atoms with E-state index < -0.39 is 0 Å². The summed E-state index contributed by atoms with van der Waals surface area (Å²) in [5.74, 6) is 2.13. The number of aryl methyl sites for hydroxylation is 1. The normalized spacial score (nSPS) is 16.5. The first-order valence-corrected chi connectivity index (χ1v) is 9.02. The van der Waals surface area contributed by atoms with Gasteiger partial charge in [-0.2, -0.15) is 4.98 Å². The summed E-state index contributed by atoms with van der Waals surface area (Å²) in [4.78, 5) is 18.9. The Morgan fingerprint density at radius 3 is 2.71 bits per heavy atom. The molecule has 0 N–H and O–H groups in total. The summed E-state index contributed by atoms with van der Waals surface area (Å²) in [7, 11) is 3.16. The lowest BCUT2D eigenvalue weighted by Gasteiger charge is -2.19. The van der Waals surface area contributed by atoms with Crippen molar-refractivity contribution in [1.29, 1.82) is 0 Å². The van der Waals surface area contributed by atoms with Crippen LogP contribution < -0.4 is 14.4 Å². The zero-order valence-corrected chi connectivity index (χ0v) is 16.0. The maximum Gasteiger partial charge on any atom is 0.258 e. The highest BCUT2D eigenvalue weighted by Crippen LogP contribution is 2.38. The van der Waals surface area contributed by atoms with Crippen molar-refractivity contribution >= 4 is 11.6 Å². The van der Waals surface area contributed by atoms with Crippen molar-refractivity contribution in [3.8, 4) is 23.0 Å². The van der Waals surface area contributed by atoms with Crippen molar-refractivity contribution in [2.75, 3.05) is 25.7 Å². The molecular formula is C21H21N3O4. The molecule has 2 aromatic carbocycles. The minimum Gasteiger partial charge on any atom is -0.497 e. The molecule has 4 rings (SSSR count). The van der Waals surface area contributed by atoms with E-state index in [1.807, 2.05) is 43.3 Å². The van der Waals surface area contributed by atoms with Crippen LogP contribution in [0.1, 0.15) is 23.7 Å². The highest BCUT2D eigenvalue weighted by molar-refractivity contribution is 5.97. The average Bonchev–Trinajstić information content (AvgIpc) is 3.34. The molecule has 2 heterocycles. The summed E-state index contributed by atoms with van der Waals surface area (Å²) in [5, 5.41) is 4.13. The number of carbonyl (C=O) groups excluding carboxylic acids is 1. The van der Waals surface area contributed by atoms with Crippen LogP contribution in [0.25, 0.3) is 11.5 Å². The number of rotatable bonds is 5. The van der Waals surface area contributed by atoms with Crippen LogP contribution in [0.2, 0.25) is 0 Å². The van der Waals surface area contributed by atoms with Gasteiger partial charge in [0.1, 0.15) is 11.5 Å². The van der Waals surface area contributed by atoms with Gasteiger partial charge in [0.2, 0.25) is 5.91 Å². The molecular weight excluding hydrogens is 358 g/mol. The summed E-state index contributed by atoms with van der Waals surface area (Å²) in [6.07, 6.45) is 0.321. The van der Waals surface area contributed by atoms with Crippen LogP contribution >= 0.6 is 0 Å². The van der Waals surface area contributed by atoms with Crippen LogP contribution in [0.15, 0.2) is 47.0 Å². The van der Waals surface area contributed by atoms with Gasteiger partial charge in [-0.05, 0) is 30.7 Å². The molecule has 0 aliphatic carbocycles. The summed E-state index contributed by atoms with van der Waals surface area (Å²) >= 11 is 0. The fourth-order valence-corrected chi connectivity index (χ4v) is 3.44. The highest BCUT2D eigenvalue weighted by Gasteiger charge is 2.36. The van der Waals surface area contributed by atoms with Crippen LogP contribution in [0, 0.1) is 6.92 Å². The highest BCUT2D eigenvalue weighted by atomic mass is 16.5. The first-order valence-electron chi connectivity index (χ1n) is 9.02. The van der Waals surface area contributed by atoms with Gasteiger partial charge >= 0.3 is 0 Å². The molecule has 3 aromatic rings. The molecule has 0 spiro atoms. The lowest BCUT2D eigenvalue weighted by molar-refractivity contribution is -0.117. The Kier molecular flexibility index (Phi) is 4.73. The number of anilines is 1. The average molecular weight is 379 g/mol. The van der Waals surface area contributed by atoms with Crippen LogP contribution in [-0.4, -0.2) is 36.8 Å². The van der Waals surface area contributed by atoms with Gasteiger partial charge in [0.05, 0.1) is 19.9 Å². The van der Waals surface area contributed by atoms with Crippen LogP contribution in [0.3, 0.4) is 0 Å². The van der Waals surface area contributed by atoms with Gasteiger partial charge in [0.15, 0.2) is 5.82 Å². The largest absolute Gasteiger partial charge is 0.497 e. The van der Waals surface area contributed by atoms with Crippen LogP contribution in [-0.2, 0) is 4.79 Å². The SMILES string of the molecule is COc1ccc(N2CC(c3noc(-c4ccccc4C)n3)CC2=O)c(OC)c1. The third-order valence-corrected chi connectivity index (χ3v) is 4.99.